The second kappa shape index (κ2) is 7.47. The highest BCUT2D eigenvalue weighted by Crippen LogP contribution is 2.41. The normalized spacial score (nSPS) is 17.2. The first-order chi connectivity index (χ1) is 16.4. The van der Waals surface area contributed by atoms with Crippen LogP contribution in [0.4, 0.5) is 35.5 Å². The maximum Gasteiger partial charge on any atom is 0.416 e. The fraction of sp³-hybridized carbons (Fsp3) is 0.208. The van der Waals surface area contributed by atoms with Gasteiger partial charge in [0.05, 0.1) is 23.0 Å². The molecule has 34 heavy (non-hydrogen) atoms. The Morgan fingerprint density at radius 3 is 2.74 bits per heavy atom. The highest BCUT2D eigenvalue weighted by Gasteiger charge is 2.40. The molecule has 2 aliphatic heterocycles. The molecule has 2 aromatic heterocycles. The molecular formula is C24H18F3N5O2. The minimum Gasteiger partial charge on any atom is -0.423 e. The predicted octanol–water partition coefficient (Wildman–Crippen LogP) is 5.54. The fourth-order valence-corrected chi connectivity index (χ4v) is 4.56. The zero-order valence-electron chi connectivity index (χ0n) is 17.7. The van der Waals surface area contributed by atoms with Crippen molar-refractivity contribution in [1.82, 2.24) is 9.97 Å². The smallest absolute Gasteiger partial charge is 0.416 e. The molecule has 0 radical (unpaired) electrons. The van der Waals surface area contributed by atoms with Gasteiger partial charge in [0.2, 0.25) is 0 Å². The maximum absolute atomic E-state index is 13.3. The lowest BCUT2D eigenvalue weighted by molar-refractivity contribution is -0.137. The molecule has 0 aliphatic carbocycles. The van der Waals surface area contributed by atoms with E-state index in [1.807, 2.05) is 12.1 Å². The van der Waals surface area contributed by atoms with Gasteiger partial charge in [-0.25, -0.2) is 9.78 Å². The number of urea groups is 1. The first kappa shape index (κ1) is 20.5. The Labute approximate surface area is 191 Å². The van der Waals surface area contributed by atoms with Crippen LogP contribution in [-0.2, 0) is 6.18 Å². The highest BCUT2D eigenvalue weighted by atomic mass is 19.4. The Kier molecular flexibility index (Phi) is 4.51. The van der Waals surface area contributed by atoms with Crippen LogP contribution < -0.4 is 15.1 Å². The molecule has 1 saturated heterocycles. The third-order valence-electron chi connectivity index (χ3n) is 6.16. The third kappa shape index (κ3) is 3.42. The predicted molar refractivity (Wildman–Crippen MR) is 121 cm³/mol. The summed E-state index contributed by atoms with van der Waals surface area (Å²) in [6.07, 6.45) is -3.71. The van der Waals surface area contributed by atoms with Gasteiger partial charge in [0.1, 0.15) is 5.52 Å². The molecule has 0 saturated carbocycles. The minimum atomic E-state index is -4.46. The van der Waals surface area contributed by atoms with Crippen molar-refractivity contribution >= 4 is 34.7 Å². The van der Waals surface area contributed by atoms with Gasteiger partial charge in [-0.1, -0.05) is 24.3 Å². The number of halogens is 3. The van der Waals surface area contributed by atoms with Gasteiger partial charge in [0.25, 0.3) is 0 Å². The summed E-state index contributed by atoms with van der Waals surface area (Å²) in [5.41, 5.74) is 1.86. The SMILES string of the molecule is O=C(Nc1nc2ccccc2o1)N1c2nc(-c3cccc(C(F)(F)F)c3)ccc2N2CC[C@H]1C2. The summed E-state index contributed by atoms with van der Waals surface area (Å²) in [7, 11) is 0. The molecular weight excluding hydrogens is 447 g/mol. The fourth-order valence-electron chi connectivity index (χ4n) is 4.56. The number of nitrogens with one attached hydrogen (secondary N) is 1. The molecule has 2 amide bonds. The maximum atomic E-state index is 13.3. The van der Waals surface area contributed by atoms with Crippen LogP contribution in [-0.4, -0.2) is 35.1 Å². The second-order valence-corrected chi connectivity index (χ2v) is 8.29. The van der Waals surface area contributed by atoms with E-state index in [0.717, 1.165) is 30.8 Å². The molecule has 1 N–H and O–H groups in total. The van der Waals surface area contributed by atoms with Crippen LogP contribution in [0.5, 0.6) is 0 Å². The van der Waals surface area contributed by atoms with Crippen molar-refractivity contribution in [2.75, 3.05) is 28.2 Å². The number of aromatic nitrogens is 2. The molecule has 172 valence electrons. The number of hydrogen-bond acceptors (Lipinski definition) is 5. The number of pyridine rings is 1. The molecule has 6 rings (SSSR count). The first-order valence-corrected chi connectivity index (χ1v) is 10.8. The number of alkyl halides is 3. The van der Waals surface area contributed by atoms with E-state index < -0.39 is 17.8 Å². The summed E-state index contributed by atoms with van der Waals surface area (Å²) in [5.74, 6) is 0.400. The van der Waals surface area contributed by atoms with Crippen molar-refractivity contribution in [3.05, 3.63) is 66.2 Å². The van der Waals surface area contributed by atoms with Crippen molar-refractivity contribution < 1.29 is 22.4 Å². The standard InChI is InChI=1S/C24H18F3N5O2/c25-24(26,27)15-5-3-4-14(12-15)17-8-9-19-21(28-17)32(16-10-11-31(19)13-16)23(33)30-22-29-18-6-1-2-7-20(18)34-22/h1-9,12,16H,10-11,13H2,(H,29,30,33)/t16-/m0/s1. The lowest BCUT2D eigenvalue weighted by Crippen LogP contribution is -2.48. The van der Waals surface area contributed by atoms with Crippen molar-refractivity contribution in [3.63, 3.8) is 0 Å². The van der Waals surface area contributed by atoms with Gasteiger partial charge < -0.3 is 9.32 Å². The third-order valence-corrected chi connectivity index (χ3v) is 6.16. The molecule has 2 aliphatic rings. The van der Waals surface area contributed by atoms with Gasteiger partial charge >= 0.3 is 18.2 Å². The average Bonchev–Trinajstić information content (AvgIpc) is 3.42. The Morgan fingerprint density at radius 1 is 1.06 bits per heavy atom. The van der Waals surface area contributed by atoms with Crippen LogP contribution >= 0.6 is 0 Å². The molecule has 0 unspecified atom stereocenters. The van der Waals surface area contributed by atoms with E-state index in [2.05, 4.69) is 20.2 Å². The van der Waals surface area contributed by atoms with Crippen LogP contribution in [0.3, 0.4) is 0 Å². The first-order valence-electron chi connectivity index (χ1n) is 10.8. The Bertz CT molecular complexity index is 1380. The van der Waals surface area contributed by atoms with Gasteiger partial charge in [0.15, 0.2) is 11.4 Å². The number of oxazole rings is 1. The zero-order valence-corrected chi connectivity index (χ0v) is 17.7. The number of fused-ring (bicyclic) bond motifs is 5. The van der Waals surface area contributed by atoms with Crippen molar-refractivity contribution in [2.45, 2.75) is 18.6 Å². The Balaban J connectivity index is 1.37. The minimum absolute atomic E-state index is 0.0715. The quantitative estimate of drug-likeness (QED) is 0.421. The van der Waals surface area contributed by atoms with E-state index in [4.69, 9.17) is 4.42 Å². The Morgan fingerprint density at radius 2 is 1.91 bits per heavy atom. The molecule has 7 nitrogen and oxygen atoms in total. The van der Waals surface area contributed by atoms with E-state index in [-0.39, 0.29) is 12.1 Å². The molecule has 2 bridgehead atoms. The number of benzene rings is 2. The molecule has 10 heteroatoms. The number of anilines is 3. The van der Waals surface area contributed by atoms with Crippen LogP contribution in [0.15, 0.2) is 65.1 Å². The van der Waals surface area contributed by atoms with Crippen LogP contribution in [0.2, 0.25) is 0 Å². The summed E-state index contributed by atoms with van der Waals surface area (Å²) < 4.78 is 45.3. The topological polar surface area (TPSA) is 74.5 Å². The van der Waals surface area contributed by atoms with Crippen molar-refractivity contribution in [2.24, 2.45) is 0 Å². The van der Waals surface area contributed by atoms with Crippen molar-refractivity contribution in [1.29, 1.82) is 0 Å². The van der Waals surface area contributed by atoms with Gasteiger partial charge in [-0.2, -0.15) is 18.2 Å². The molecule has 1 fully saturated rings. The van der Waals surface area contributed by atoms with E-state index in [0.29, 0.717) is 34.7 Å². The lowest BCUT2D eigenvalue weighted by atomic mass is 10.1. The number of carbonyl (C=O) groups excluding carboxylic acids is 1. The molecule has 0 spiro atoms. The molecule has 2 aromatic carbocycles. The number of para-hydroxylation sites is 2. The average molecular weight is 465 g/mol. The monoisotopic (exact) mass is 465 g/mol. The number of hydrogen-bond donors (Lipinski definition) is 1. The lowest BCUT2D eigenvalue weighted by Gasteiger charge is -2.35. The van der Waals surface area contributed by atoms with Gasteiger partial charge in [-0.3, -0.25) is 10.2 Å². The van der Waals surface area contributed by atoms with Crippen LogP contribution in [0, 0.1) is 0 Å². The van der Waals surface area contributed by atoms with Gasteiger partial charge in [-0.05, 0) is 42.8 Å². The van der Waals surface area contributed by atoms with E-state index in [1.165, 1.54) is 6.07 Å². The van der Waals surface area contributed by atoms with E-state index in [1.54, 1.807) is 35.2 Å². The summed E-state index contributed by atoms with van der Waals surface area (Å²) in [6.45, 7) is 1.41. The summed E-state index contributed by atoms with van der Waals surface area (Å²) in [5, 5.41) is 2.71. The second-order valence-electron chi connectivity index (χ2n) is 8.29. The van der Waals surface area contributed by atoms with Gasteiger partial charge in [-0.15, -0.1) is 0 Å². The number of carbonyl (C=O) groups is 1. The van der Waals surface area contributed by atoms with E-state index in [9.17, 15) is 18.0 Å². The number of amides is 2. The Hall–Kier alpha value is -4.08. The molecule has 4 heterocycles. The molecule has 4 aromatic rings. The van der Waals surface area contributed by atoms with Crippen LogP contribution in [0.1, 0.15) is 12.0 Å². The summed E-state index contributed by atoms with van der Waals surface area (Å²) in [4.78, 5) is 26.0. The van der Waals surface area contributed by atoms with Crippen molar-refractivity contribution in [3.8, 4) is 11.3 Å². The zero-order chi connectivity index (χ0) is 23.4. The number of nitrogens with zero attached hydrogens (tertiary/aromatic N) is 4. The summed E-state index contributed by atoms with van der Waals surface area (Å²) >= 11 is 0. The van der Waals surface area contributed by atoms with Gasteiger partial charge in [0, 0.05) is 18.7 Å². The van der Waals surface area contributed by atoms with Crippen LogP contribution in [0.25, 0.3) is 22.4 Å². The largest absolute Gasteiger partial charge is 0.423 e. The highest BCUT2D eigenvalue weighted by molar-refractivity contribution is 6.04. The summed E-state index contributed by atoms with van der Waals surface area (Å²) in [6, 6.07) is 15.2. The number of rotatable bonds is 2. The molecule has 1 atom stereocenters. The van der Waals surface area contributed by atoms with E-state index >= 15 is 0 Å².